The molecule has 3 aromatic rings. The average Bonchev–Trinajstić information content (AvgIpc) is 2.47. The molecule has 0 saturated heterocycles. The number of fused-ring (bicyclic) bond motifs is 1. The molecular formula is C17H16FN3. The van der Waals surface area contributed by atoms with Gasteiger partial charge in [-0.2, -0.15) is 0 Å². The summed E-state index contributed by atoms with van der Waals surface area (Å²) in [6, 6.07) is 10.5. The van der Waals surface area contributed by atoms with E-state index in [9.17, 15) is 4.39 Å². The van der Waals surface area contributed by atoms with E-state index in [-0.39, 0.29) is 5.82 Å². The molecule has 0 aliphatic rings. The van der Waals surface area contributed by atoms with E-state index in [1.165, 1.54) is 6.07 Å². The van der Waals surface area contributed by atoms with Gasteiger partial charge in [-0.3, -0.25) is 0 Å². The van der Waals surface area contributed by atoms with Gasteiger partial charge in [0.1, 0.15) is 11.6 Å². The first-order valence-corrected chi connectivity index (χ1v) is 6.92. The second-order valence-corrected chi connectivity index (χ2v) is 4.99. The summed E-state index contributed by atoms with van der Waals surface area (Å²) >= 11 is 0. The van der Waals surface area contributed by atoms with Gasteiger partial charge in [-0.25, -0.2) is 14.4 Å². The van der Waals surface area contributed by atoms with Crippen LogP contribution < -0.4 is 5.73 Å². The standard InChI is InChI=1S/C17H16FN3/c1-3-11-10(2)20-17(21-16(11)19)14-8-9-15(18)13-7-5-4-6-12(13)14/h4-9H,3H2,1-2H3,(H2,19,20,21). The van der Waals surface area contributed by atoms with Gasteiger partial charge < -0.3 is 5.73 Å². The molecule has 2 aromatic carbocycles. The Morgan fingerprint density at radius 2 is 1.76 bits per heavy atom. The molecule has 0 aliphatic carbocycles. The third kappa shape index (κ3) is 2.23. The topological polar surface area (TPSA) is 51.8 Å². The van der Waals surface area contributed by atoms with E-state index in [2.05, 4.69) is 9.97 Å². The number of halogens is 1. The van der Waals surface area contributed by atoms with Crippen molar-refractivity contribution in [2.45, 2.75) is 20.3 Å². The number of anilines is 1. The lowest BCUT2D eigenvalue weighted by molar-refractivity contribution is 0.640. The molecule has 0 radical (unpaired) electrons. The molecule has 0 bridgehead atoms. The molecule has 1 aromatic heterocycles. The summed E-state index contributed by atoms with van der Waals surface area (Å²) in [6.45, 7) is 3.95. The van der Waals surface area contributed by atoms with Crippen molar-refractivity contribution in [3.8, 4) is 11.4 Å². The van der Waals surface area contributed by atoms with Crippen LogP contribution >= 0.6 is 0 Å². The van der Waals surface area contributed by atoms with Gasteiger partial charge >= 0.3 is 0 Å². The van der Waals surface area contributed by atoms with Crippen LogP contribution in [0.1, 0.15) is 18.2 Å². The summed E-state index contributed by atoms with van der Waals surface area (Å²) in [4.78, 5) is 8.94. The Morgan fingerprint density at radius 3 is 2.43 bits per heavy atom. The first-order valence-electron chi connectivity index (χ1n) is 6.92. The summed E-state index contributed by atoms with van der Waals surface area (Å²) in [7, 11) is 0. The Morgan fingerprint density at radius 1 is 1.05 bits per heavy atom. The van der Waals surface area contributed by atoms with E-state index in [0.717, 1.165) is 28.6 Å². The van der Waals surface area contributed by atoms with Gasteiger partial charge in [-0.05, 0) is 30.9 Å². The van der Waals surface area contributed by atoms with Crippen LogP contribution in [0.3, 0.4) is 0 Å². The largest absolute Gasteiger partial charge is 0.383 e. The number of nitrogen functional groups attached to an aromatic ring is 1. The van der Waals surface area contributed by atoms with Crippen molar-refractivity contribution < 1.29 is 4.39 Å². The highest BCUT2D eigenvalue weighted by Crippen LogP contribution is 2.29. The quantitative estimate of drug-likeness (QED) is 0.775. The summed E-state index contributed by atoms with van der Waals surface area (Å²) in [5.41, 5.74) is 8.65. The molecule has 3 nitrogen and oxygen atoms in total. The fraction of sp³-hybridized carbons (Fsp3) is 0.176. The SMILES string of the molecule is CCc1c(C)nc(-c2ccc(F)c3ccccc23)nc1N. The molecule has 0 spiro atoms. The van der Waals surface area contributed by atoms with Gasteiger partial charge in [0.05, 0.1) is 0 Å². The van der Waals surface area contributed by atoms with E-state index in [1.807, 2.05) is 32.0 Å². The number of rotatable bonds is 2. The highest BCUT2D eigenvalue weighted by atomic mass is 19.1. The molecule has 1 heterocycles. The predicted molar refractivity (Wildman–Crippen MR) is 83.5 cm³/mol. The van der Waals surface area contributed by atoms with Crippen LogP contribution in [0.5, 0.6) is 0 Å². The summed E-state index contributed by atoms with van der Waals surface area (Å²) in [5, 5.41) is 1.36. The third-order valence-corrected chi connectivity index (χ3v) is 3.71. The molecule has 21 heavy (non-hydrogen) atoms. The van der Waals surface area contributed by atoms with Crippen molar-refractivity contribution in [3.05, 3.63) is 53.5 Å². The van der Waals surface area contributed by atoms with E-state index in [1.54, 1.807) is 12.1 Å². The maximum atomic E-state index is 13.9. The highest BCUT2D eigenvalue weighted by Gasteiger charge is 2.13. The number of aromatic nitrogens is 2. The average molecular weight is 281 g/mol. The zero-order chi connectivity index (χ0) is 15.0. The van der Waals surface area contributed by atoms with Crippen LogP contribution in [0.4, 0.5) is 10.2 Å². The van der Waals surface area contributed by atoms with Crippen molar-refractivity contribution in [1.29, 1.82) is 0 Å². The van der Waals surface area contributed by atoms with Crippen LogP contribution in [0.15, 0.2) is 36.4 Å². The van der Waals surface area contributed by atoms with Crippen molar-refractivity contribution in [2.24, 2.45) is 0 Å². The molecule has 2 N–H and O–H groups in total. The Kier molecular flexibility index (Phi) is 3.29. The van der Waals surface area contributed by atoms with E-state index in [0.29, 0.717) is 17.0 Å². The molecule has 0 fully saturated rings. The number of hydrogen-bond acceptors (Lipinski definition) is 3. The summed E-state index contributed by atoms with van der Waals surface area (Å²) < 4.78 is 13.9. The normalized spacial score (nSPS) is 11.0. The summed E-state index contributed by atoms with van der Waals surface area (Å²) in [6.07, 6.45) is 0.794. The van der Waals surface area contributed by atoms with Crippen LogP contribution in [0.2, 0.25) is 0 Å². The molecule has 0 aliphatic heterocycles. The zero-order valence-corrected chi connectivity index (χ0v) is 12.0. The summed E-state index contributed by atoms with van der Waals surface area (Å²) in [5.74, 6) is 0.788. The van der Waals surface area contributed by atoms with E-state index in [4.69, 9.17) is 5.73 Å². The second kappa shape index (κ2) is 5.13. The van der Waals surface area contributed by atoms with E-state index < -0.39 is 0 Å². The lowest BCUT2D eigenvalue weighted by Gasteiger charge is -2.11. The molecule has 0 amide bonds. The van der Waals surface area contributed by atoms with Crippen LogP contribution in [-0.2, 0) is 6.42 Å². The fourth-order valence-corrected chi connectivity index (χ4v) is 2.63. The molecule has 4 heteroatoms. The third-order valence-electron chi connectivity index (χ3n) is 3.71. The number of benzene rings is 2. The number of hydrogen-bond donors (Lipinski definition) is 1. The van der Waals surface area contributed by atoms with Crippen molar-refractivity contribution in [3.63, 3.8) is 0 Å². The fourth-order valence-electron chi connectivity index (χ4n) is 2.63. The van der Waals surface area contributed by atoms with Gasteiger partial charge in [0, 0.05) is 22.2 Å². The molecule has 0 unspecified atom stereocenters. The van der Waals surface area contributed by atoms with Crippen LogP contribution in [0, 0.1) is 12.7 Å². The predicted octanol–water partition coefficient (Wildman–Crippen LogP) is 3.89. The minimum atomic E-state index is -0.246. The first-order chi connectivity index (χ1) is 10.1. The van der Waals surface area contributed by atoms with Gasteiger partial charge in [0.15, 0.2) is 5.82 Å². The van der Waals surface area contributed by atoms with Crippen LogP contribution in [-0.4, -0.2) is 9.97 Å². The number of nitrogens with two attached hydrogens (primary N) is 1. The Balaban J connectivity index is 2.29. The number of nitrogens with zero attached hydrogens (tertiary/aromatic N) is 2. The minimum Gasteiger partial charge on any atom is -0.383 e. The van der Waals surface area contributed by atoms with Gasteiger partial charge in [-0.1, -0.05) is 31.2 Å². The second-order valence-electron chi connectivity index (χ2n) is 4.99. The van der Waals surface area contributed by atoms with Crippen molar-refractivity contribution >= 4 is 16.6 Å². The monoisotopic (exact) mass is 281 g/mol. The van der Waals surface area contributed by atoms with Crippen molar-refractivity contribution in [2.75, 3.05) is 5.73 Å². The van der Waals surface area contributed by atoms with Gasteiger partial charge in [0.2, 0.25) is 0 Å². The molecule has 0 atom stereocenters. The van der Waals surface area contributed by atoms with E-state index >= 15 is 0 Å². The molecule has 3 rings (SSSR count). The lowest BCUT2D eigenvalue weighted by atomic mass is 10.0. The van der Waals surface area contributed by atoms with Gasteiger partial charge in [0.25, 0.3) is 0 Å². The molecular weight excluding hydrogens is 265 g/mol. The van der Waals surface area contributed by atoms with Gasteiger partial charge in [-0.15, -0.1) is 0 Å². The maximum Gasteiger partial charge on any atom is 0.162 e. The Hall–Kier alpha value is -2.49. The first kappa shape index (κ1) is 13.5. The van der Waals surface area contributed by atoms with Crippen molar-refractivity contribution in [1.82, 2.24) is 9.97 Å². The smallest absolute Gasteiger partial charge is 0.162 e. The van der Waals surface area contributed by atoms with Crippen LogP contribution in [0.25, 0.3) is 22.2 Å². The Bertz CT molecular complexity index is 804. The molecule has 0 saturated carbocycles. The lowest BCUT2D eigenvalue weighted by Crippen LogP contribution is -2.04. The zero-order valence-electron chi connectivity index (χ0n) is 12.0. The molecule has 106 valence electrons. The number of aryl methyl sites for hydroxylation is 1. The highest BCUT2D eigenvalue weighted by molar-refractivity contribution is 5.95. The minimum absolute atomic E-state index is 0.246. The Labute approximate surface area is 122 Å². The maximum absolute atomic E-state index is 13.9.